The Balaban J connectivity index is 1.93. The summed E-state index contributed by atoms with van der Waals surface area (Å²) in [6, 6.07) is 11.9. The van der Waals surface area contributed by atoms with E-state index in [4.69, 9.17) is 16.1 Å². The minimum absolute atomic E-state index is 0.203. The number of rotatable bonds is 4. The van der Waals surface area contributed by atoms with Crippen LogP contribution in [0.5, 0.6) is 0 Å². The molecular weight excluding hydrogens is 393 g/mol. The summed E-state index contributed by atoms with van der Waals surface area (Å²) in [5, 5.41) is 15.6. The van der Waals surface area contributed by atoms with Crippen LogP contribution in [0.2, 0.25) is 5.02 Å². The lowest BCUT2D eigenvalue weighted by Gasteiger charge is -2.21. The number of hydrogen-bond acceptors (Lipinski definition) is 5. The molecule has 0 spiro atoms. The fraction of sp³-hybridized carbons (Fsp3) is 0.182. The molecule has 0 bridgehead atoms. The Kier molecular flexibility index (Phi) is 5.22. The van der Waals surface area contributed by atoms with E-state index in [1.54, 1.807) is 18.5 Å². The van der Waals surface area contributed by atoms with Crippen molar-refractivity contribution in [1.82, 2.24) is 10.1 Å². The number of benzene rings is 2. The van der Waals surface area contributed by atoms with Crippen LogP contribution < -0.4 is 0 Å². The summed E-state index contributed by atoms with van der Waals surface area (Å²) >= 11 is 5.90. The molecule has 1 aliphatic rings. The van der Waals surface area contributed by atoms with Gasteiger partial charge in [-0.1, -0.05) is 41.0 Å². The zero-order chi connectivity index (χ0) is 20.5. The molecule has 1 aromatic heterocycles. The lowest BCUT2D eigenvalue weighted by atomic mass is 9.93. The highest BCUT2D eigenvalue weighted by atomic mass is 35.5. The van der Waals surface area contributed by atoms with E-state index in [0.29, 0.717) is 23.6 Å². The molecule has 0 saturated carbocycles. The number of halogens is 2. The van der Waals surface area contributed by atoms with Gasteiger partial charge in [-0.2, -0.15) is 0 Å². The molecule has 2 heterocycles. The van der Waals surface area contributed by atoms with E-state index in [9.17, 15) is 9.50 Å². The standard InChI is InChI=1S/C22H19ClFN3O2/c1-13-5-3-4-6-16(13)22-19(21(28)14-10-25-12-27(2)11-14)20(26-29-22)17-8-7-15(23)9-18(17)24/h3-11,21,28H,12H2,1-2H3. The van der Waals surface area contributed by atoms with Crippen molar-refractivity contribution in [3.63, 3.8) is 0 Å². The van der Waals surface area contributed by atoms with Gasteiger partial charge < -0.3 is 14.5 Å². The number of nitrogens with zero attached hydrogens (tertiary/aromatic N) is 3. The highest BCUT2D eigenvalue weighted by Gasteiger charge is 2.29. The van der Waals surface area contributed by atoms with Crippen molar-refractivity contribution in [1.29, 1.82) is 0 Å². The Morgan fingerprint density at radius 2 is 2.00 bits per heavy atom. The van der Waals surface area contributed by atoms with Gasteiger partial charge in [-0.15, -0.1) is 0 Å². The maximum Gasteiger partial charge on any atom is 0.173 e. The van der Waals surface area contributed by atoms with Crippen LogP contribution in [0, 0.1) is 12.7 Å². The molecule has 2 aromatic carbocycles. The third-order valence-electron chi connectivity index (χ3n) is 4.81. The molecule has 7 heteroatoms. The van der Waals surface area contributed by atoms with Gasteiger partial charge in [0, 0.05) is 41.2 Å². The molecule has 0 aliphatic carbocycles. The molecule has 0 saturated heterocycles. The van der Waals surface area contributed by atoms with Crippen molar-refractivity contribution in [3.8, 4) is 22.6 Å². The van der Waals surface area contributed by atoms with Crippen molar-refractivity contribution < 1.29 is 14.0 Å². The summed E-state index contributed by atoms with van der Waals surface area (Å²) in [6.07, 6.45) is 2.31. The van der Waals surface area contributed by atoms with Gasteiger partial charge in [0.05, 0.1) is 5.56 Å². The molecule has 1 atom stereocenters. The Hall–Kier alpha value is -2.96. The van der Waals surface area contributed by atoms with Crippen LogP contribution in [-0.2, 0) is 0 Å². The molecule has 1 unspecified atom stereocenters. The SMILES string of the molecule is Cc1ccccc1-c1onc(-c2ccc(Cl)cc2F)c1C(O)C1=CN(C)CN=C1. The molecular formula is C22H19ClFN3O2. The van der Waals surface area contributed by atoms with Gasteiger partial charge >= 0.3 is 0 Å². The molecule has 0 radical (unpaired) electrons. The summed E-state index contributed by atoms with van der Waals surface area (Å²) in [7, 11) is 1.86. The van der Waals surface area contributed by atoms with Crippen LogP contribution in [0.4, 0.5) is 4.39 Å². The van der Waals surface area contributed by atoms with Crippen molar-refractivity contribution in [2.75, 3.05) is 13.7 Å². The summed E-state index contributed by atoms with van der Waals surface area (Å²) in [5.41, 5.74) is 3.10. The van der Waals surface area contributed by atoms with Gasteiger partial charge in [-0.05, 0) is 30.7 Å². The van der Waals surface area contributed by atoms with Crippen LogP contribution in [-0.4, -0.2) is 35.1 Å². The smallest absolute Gasteiger partial charge is 0.173 e. The van der Waals surface area contributed by atoms with Crippen LogP contribution in [0.3, 0.4) is 0 Å². The first kappa shape index (κ1) is 19.4. The number of aromatic nitrogens is 1. The molecule has 1 N–H and O–H groups in total. The zero-order valence-electron chi connectivity index (χ0n) is 15.9. The maximum atomic E-state index is 14.7. The lowest BCUT2D eigenvalue weighted by molar-refractivity contribution is 0.219. The first-order valence-corrected chi connectivity index (χ1v) is 9.44. The summed E-state index contributed by atoms with van der Waals surface area (Å²) in [5.74, 6) is -0.151. The zero-order valence-corrected chi connectivity index (χ0v) is 16.7. The average molecular weight is 412 g/mol. The highest BCUT2D eigenvalue weighted by molar-refractivity contribution is 6.30. The molecule has 4 rings (SSSR count). The predicted molar refractivity (Wildman–Crippen MR) is 111 cm³/mol. The van der Waals surface area contributed by atoms with E-state index in [-0.39, 0.29) is 16.3 Å². The van der Waals surface area contributed by atoms with E-state index in [1.807, 2.05) is 43.1 Å². The number of aryl methyl sites for hydroxylation is 1. The van der Waals surface area contributed by atoms with E-state index in [1.165, 1.54) is 12.1 Å². The Labute approximate surface area is 172 Å². The molecule has 0 fully saturated rings. The fourth-order valence-electron chi connectivity index (χ4n) is 3.36. The summed E-state index contributed by atoms with van der Waals surface area (Å²) < 4.78 is 20.3. The maximum absolute atomic E-state index is 14.7. The molecule has 3 aromatic rings. The van der Waals surface area contributed by atoms with E-state index in [2.05, 4.69) is 10.1 Å². The second-order valence-electron chi connectivity index (χ2n) is 6.95. The molecule has 148 valence electrons. The van der Waals surface area contributed by atoms with Crippen LogP contribution >= 0.6 is 11.6 Å². The Bertz CT molecular complexity index is 1120. The van der Waals surface area contributed by atoms with Gasteiger partial charge in [0.2, 0.25) is 0 Å². The second kappa shape index (κ2) is 7.81. The third-order valence-corrected chi connectivity index (χ3v) is 5.04. The normalized spacial score (nSPS) is 14.8. The topological polar surface area (TPSA) is 61.9 Å². The monoisotopic (exact) mass is 411 g/mol. The first-order chi connectivity index (χ1) is 14.0. The number of hydrogen-bond donors (Lipinski definition) is 1. The van der Waals surface area contributed by atoms with Crippen LogP contribution in [0.25, 0.3) is 22.6 Å². The van der Waals surface area contributed by atoms with Gasteiger partial charge in [-0.25, -0.2) is 4.39 Å². The molecule has 29 heavy (non-hydrogen) atoms. The minimum atomic E-state index is -1.10. The van der Waals surface area contributed by atoms with E-state index < -0.39 is 11.9 Å². The van der Waals surface area contributed by atoms with Gasteiger partial charge in [0.1, 0.15) is 24.3 Å². The Morgan fingerprint density at radius 3 is 2.72 bits per heavy atom. The van der Waals surface area contributed by atoms with Gasteiger partial charge in [0.15, 0.2) is 5.76 Å². The van der Waals surface area contributed by atoms with E-state index in [0.717, 1.165) is 11.1 Å². The van der Waals surface area contributed by atoms with Gasteiger partial charge in [-0.3, -0.25) is 4.99 Å². The van der Waals surface area contributed by atoms with Gasteiger partial charge in [0.25, 0.3) is 0 Å². The molecule has 1 aliphatic heterocycles. The average Bonchev–Trinajstić information content (AvgIpc) is 3.12. The van der Waals surface area contributed by atoms with Crippen molar-refractivity contribution in [2.45, 2.75) is 13.0 Å². The second-order valence-corrected chi connectivity index (χ2v) is 7.39. The first-order valence-electron chi connectivity index (χ1n) is 9.06. The fourth-order valence-corrected chi connectivity index (χ4v) is 3.52. The quantitative estimate of drug-likeness (QED) is 0.656. The number of aliphatic hydroxyl groups excluding tert-OH is 1. The van der Waals surface area contributed by atoms with Crippen LogP contribution in [0.15, 0.2) is 63.8 Å². The summed E-state index contributed by atoms with van der Waals surface area (Å²) in [4.78, 5) is 6.10. The molecule has 0 amide bonds. The van der Waals surface area contributed by atoms with E-state index >= 15 is 0 Å². The van der Waals surface area contributed by atoms with Crippen molar-refractivity contribution in [2.24, 2.45) is 4.99 Å². The lowest BCUT2D eigenvalue weighted by Crippen LogP contribution is -2.19. The third kappa shape index (κ3) is 3.69. The highest BCUT2D eigenvalue weighted by Crippen LogP contribution is 2.41. The largest absolute Gasteiger partial charge is 0.383 e. The number of aliphatic imine (C=N–C) groups is 1. The summed E-state index contributed by atoms with van der Waals surface area (Å²) in [6.45, 7) is 2.44. The van der Waals surface area contributed by atoms with Crippen LogP contribution in [0.1, 0.15) is 17.2 Å². The van der Waals surface area contributed by atoms with Crippen molar-refractivity contribution >= 4 is 17.8 Å². The Morgan fingerprint density at radius 1 is 1.21 bits per heavy atom. The predicted octanol–water partition coefficient (Wildman–Crippen LogP) is 5.00. The minimum Gasteiger partial charge on any atom is -0.383 e. The van der Waals surface area contributed by atoms with Crippen molar-refractivity contribution in [3.05, 3.63) is 76.2 Å². The molecule has 5 nitrogen and oxygen atoms in total. The number of aliphatic hydroxyl groups is 1.